The molecule has 0 aliphatic heterocycles. The van der Waals surface area contributed by atoms with Crippen LogP contribution in [0.5, 0.6) is 0 Å². The minimum atomic E-state index is 0.312. The standard InChI is InChI=1S/C13H20N4S/c1-9-4-2-3-5-10(9)8-16-13-15-7-6-11(17-13)12(14)18/h6-7,9-10H,2-5,8H2,1H3,(H2,14,18)(H,15,16,17). The van der Waals surface area contributed by atoms with E-state index in [2.05, 4.69) is 22.2 Å². The highest BCUT2D eigenvalue weighted by atomic mass is 32.1. The lowest BCUT2D eigenvalue weighted by molar-refractivity contribution is 0.268. The molecule has 2 atom stereocenters. The second kappa shape index (κ2) is 6.09. The third-order valence-corrected chi connectivity index (χ3v) is 3.93. The predicted molar refractivity (Wildman–Crippen MR) is 77.5 cm³/mol. The Morgan fingerprint density at radius 2 is 2.28 bits per heavy atom. The third kappa shape index (κ3) is 3.38. The van der Waals surface area contributed by atoms with Gasteiger partial charge in [0.2, 0.25) is 5.95 Å². The van der Waals surface area contributed by atoms with Crippen molar-refractivity contribution in [2.75, 3.05) is 11.9 Å². The highest BCUT2D eigenvalue weighted by Crippen LogP contribution is 2.29. The minimum absolute atomic E-state index is 0.312. The van der Waals surface area contributed by atoms with Gasteiger partial charge in [-0.2, -0.15) is 0 Å². The van der Waals surface area contributed by atoms with E-state index in [1.807, 2.05) is 0 Å². The number of hydrogen-bond acceptors (Lipinski definition) is 4. The smallest absolute Gasteiger partial charge is 0.223 e. The molecule has 1 aromatic rings. The number of aromatic nitrogens is 2. The Hall–Kier alpha value is -1.23. The summed E-state index contributed by atoms with van der Waals surface area (Å²) in [4.78, 5) is 8.80. The van der Waals surface area contributed by atoms with Gasteiger partial charge in [0.25, 0.3) is 0 Å². The Labute approximate surface area is 113 Å². The van der Waals surface area contributed by atoms with Crippen molar-refractivity contribution in [2.45, 2.75) is 32.6 Å². The van der Waals surface area contributed by atoms with Crippen LogP contribution in [0.4, 0.5) is 5.95 Å². The van der Waals surface area contributed by atoms with Crippen molar-refractivity contribution >= 4 is 23.2 Å². The third-order valence-electron chi connectivity index (χ3n) is 3.72. The topological polar surface area (TPSA) is 63.8 Å². The zero-order valence-corrected chi connectivity index (χ0v) is 11.5. The number of anilines is 1. The Morgan fingerprint density at radius 1 is 1.50 bits per heavy atom. The fourth-order valence-corrected chi connectivity index (χ4v) is 2.61. The molecule has 3 N–H and O–H groups in total. The van der Waals surface area contributed by atoms with Gasteiger partial charge in [-0.05, 0) is 24.3 Å². The van der Waals surface area contributed by atoms with Crippen LogP contribution < -0.4 is 11.1 Å². The molecule has 18 heavy (non-hydrogen) atoms. The van der Waals surface area contributed by atoms with E-state index in [1.54, 1.807) is 12.3 Å². The van der Waals surface area contributed by atoms with Crippen molar-refractivity contribution in [1.29, 1.82) is 0 Å². The molecular formula is C13H20N4S. The molecule has 0 radical (unpaired) electrons. The lowest BCUT2D eigenvalue weighted by Gasteiger charge is -2.28. The van der Waals surface area contributed by atoms with Crippen molar-refractivity contribution in [1.82, 2.24) is 9.97 Å². The van der Waals surface area contributed by atoms with E-state index < -0.39 is 0 Å². The summed E-state index contributed by atoms with van der Waals surface area (Å²) in [6.45, 7) is 3.26. The van der Waals surface area contributed by atoms with Crippen molar-refractivity contribution in [3.05, 3.63) is 18.0 Å². The molecule has 5 heteroatoms. The molecule has 1 fully saturated rings. The van der Waals surface area contributed by atoms with Gasteiger partial charge < -0.3 is 11.1 Å². The number of nitrogens with zero attached hydrogens (tertiary/aromatic N) is 2. The quantitative estimate of drug-likeness (QED) is 0.817. The maximum atomic E-state index is 5.56. The first-order valence-corrected chi connectivity index (χ1v) is 6.94. The molecule has 98 valence electrons. The molecule has 0 bridgehead atoms. The van der Waals surface area contributed by atoms with Crippen LogP contribution in [0.25, 0.3) is 0 Å². The fraction of sp³-hybridized carbons (Fsp3) is 0.615. The van der Waals surface area contributed by atoms with E-state index in [4.69, 9.17) is 18.0 Å². The summed E-state index contributed by atoms with van der Waals surface area (Å²) in [7, 11) is 0. The van der Waals surface area contributed by atoms with Gasteiger partial charge in [0, 0.05) is 12.7 Å². The number of nitrogens with one attached hydrogen (secondary N) is 1. The van der Waals surface area contributed by atoms with Crippen LogP contribution in [0.1, 0.15) is 38.3 Å². The Kier molecular flexibility index (Phi) is 4.47. The van der Waals surface area contributed by atoms with E-state index in [0.29, 0.717) is 16.6 Å². The zero-order valence-electron chi connectivity index (χ0n) is 10.7. The van der Waals surface area contributed by atoms with E-state index in [1.165, 1.54) is 25.7 Å². The molecule has 0 amide bonds. The second-order valence-corrected chi connectivity index (χ2v) is 5.47. The molecule has 0 spiro atoms. The summed E-state index contributed by atoms with van der Waals surface area (Å²) in [5, 5.41) is 3.30. The van der Waals surface area contributed by atoms with Crippen LogP contribution in [-0.4, -0.2) is 21.5 Å². The van der Waals surface area contributed by atoms with Crippen molar-refractivity contribution in [3.63, 3.8) is 0 Å². The summed E-state index contributed by atoms with van der Waals surface area (Å²) < 4.78 is 0. The lowest BCUT2D eigenvalue weighted by atomic mass is 9.80. The summed E-state index contributed by atoms with van der Waals surface area (Å²) in [6.07, 6.45) is 7.02. The normalized spacial score (nSPS) is 23.6. The maximum Gasteiger partial charge on any atom is 0.223 e. The summed E-state index contributed by atoms with van der Waals surface area (Å²) in [5.41, 5.74) is 6.18. The van der Waals surface area contributed by atoms with Gasteiger partial charge >= 0.3 is 0 Å². The summed E-state index contributed by atoms with van der Waals surface area (Å²) in [5.74, 6) is 2.12. The van der Waals surface area contributed by atoms with Crippen molar-refractivity contribution in [3.8, 4) is 0 Å². The highest BCUT2D eigenvalue weighted by Gasteiger charge is 2.21. The first-order valence-electron chi connectivity index (χ1n) is 6.53. The molecule has 0 aromatic carbocycles. The van der Waals surface area contributed by atoms with Gasteiger partial charge in [0.15, 0.2) is 0 Å². The van der Waals surface area contributed by atoms with Gasteiger partial charge in [-0.3, -0.25) is 0 Å². The van der Waals surface area contributed by atoms with Gasteiger partial charge in [-0.1, -0.05) is 38.4 Å². The van der Waals surface area contributed by atoms with Crippen molar-refractivity contribution in [2.24, 2.45) is 17.6 Å². The van der Waals surface area contributed by atoms with Gasteiger partial charge in [-0.25, -0.2) is 9.97 Å². The molecule has 1 aliphatic carbocycles. The molecular weight excluding hydrogens is 244 g/mol. The molecule has 4 nitrogen and oxygen atoms in total. The number of nitrogens with two attached hydrogens (primary N) is 1. The largest absolute Gasteiger partial charge is 0.388 e. The molecule has 1 saturated carbocycles. The zero-order chi connectivity index (χ0) is 13.0. The number of rotatable bonds is 4. The second-order valence-electron chi connectivity index (χ2n) is 5.03. The van der Waals surface area contributed by atoms with E-state index in [9.17, 15) is 0 Å². The molecule has 1 heterocycles. The van der Waals surface area contributed by atoms with E-state index >= 15 is 0 Å². The average molecular weight is 264 g/mol. The number of thiocarbonyl (C=S) groups is 1. The molecule has 1 aromatic heterocycles. The van der Waals surface area contributed by atoms with Crippen LogP contribution in [0.2, 0.25) is 0 Å². The minimum Gasteiger partial charge on any atom is -0.388 e. The average Bonchev–Trinajstić information content (AvgIpc) is 2.38. The highest BCUT2D eigenvalue weighted by molar-refractivity contribution is 7.80. The Morgan fingerprint density at radius 3 is 3.00 bits per heavy atom. The SMILES string of the molecule is CC1CCCCC1CNc1nccc(C(N)=S)n1. The van der Waals surface area contributed by atoms with Gasteiger partial charge in [-0.15, -0.1) is 0 Å². The van der Waals surface area contributed by atoms with Crippen LogP contribution >= 0.6 is 12.2 Å². The van der Waals surface area contributed by atoms with Crippen LogP contribution in [-0.2, 0) is 0 Å². The summed E-state index contributed by atoms with van der Waals surface area (Å²) in [6, 6.07) is 1.73. The molecule has 2 unspecified atom stereocenters. The van der Waals surface area contributed by atoms with Crippen LogP contribution in [0.3, 0.4) is 0 Å². The molecule has 1 aliphatic rings. The number of hydrogen-bond donors (Lipinski definition) is 2. The monoisotopic (exact) mass is 264 g/mol. The lowest BCUT2D eigenvalue weighted by Crippen LogP contribution is -2.25. The van der Waals surface area contributed by atoms with E-state index in [-0.39, 0.29) is 0 Å². The van der Waals surface area contributed by atoms with E-state index in [0.717, 1.165) is 18.4 Å². The first-order chi connectivity index (χ1) is 8.66. The van der Waals surface area contributed by atoms with Crippen LogP contribution in [0.15, 0.2) is 12.3 Å². The molecule has 0 saturated heterocycles. The molecule has 2 rings (SSSR count). The van der Waals surface area contributed by atoms with Crippen LogP contribution in [0, 0.1) is 11.8 Å². The maximum absolute atomic E-state index is 5.56. The summed E-state index contributed by atoms with van der Waals surface area (Å²) >= 11 is 4.91. The van der Waals surface area contributed by atoms with Crippen molar-refractivity contribution < 1.29 is 0 Å². The Balaban J connectivity index is 1.93. The Bertz CT molecular complexity index is 421. The predicted octanol–water partition coefficient (Wildman–Crippen LogP) is 2.35. The first kappa shape index (κ1) is 13.2. The van der Waals surface area contributed by atoms with Gasteiger partial charge in [0.05, 0.1) is 0 Å². The van der Waals surface area contributed by atoms with Gasteiger partial charge in [0.1, 0.15) is 10.7 Å². The fourth-order valence-electron chi connectivity index (χ4n) is 2.50.